The number of benzene rings is 1. The van der Waals surface area contributed by atoms with Gasteiger partial charge in [0.25, 0.3) is 11.6 Å². The van der Waals surface area contributed by atoms with Crippen molar-refractivity contribution in [2.75, 3.05) is 0 Å². The van der Waals surface area contributed by atoms with Crippen LogP contribution in [0.3, 0.4) is 0 Å². The van der Waals surface area contributed by atoms with Gasteiger partial charge in [0.15, 0.2) is 0 Å². The number of hydrogen-bond donors (Lipinski definition) is 1. The second-order valence-electron chi connectivity index (χ2n) is 4.32. The van der Waals surface area contributed by atoms with Crippen molar-refractivity contribution in [2.45, 2.75) is 13.8 Å². The molecule has 0 bridgehead atoms. The summed E-state index contributed by atoms with van der Waals surface area (Å²) >= 11 is 1.52. The number of rotatable bonds is 4. The summed E-state index contributed by atoms with van der Waals surface area (Å²) in [4.78, 5) is 23.4. The Labute approximate surface area is 125 Å². The zero-order valence-electron chi connectivity index (χ0n) is 11.5. The molecule has 1 aromatic carbocycles. The van der Waals surface area contributed by atoms with Crippen LogP contribution in [0.15, 0.2) is 40.8 Å². The number of thiophene rings is 1. The van der Waals surface area contributed by atoms with Crippen LogP contribution in [-0.4, -0.2) is 16.5 Å². The topological polar surface area (TPSA) is 84.6 Å². The molecule has 0 fully saturated rings. The molecule has 0 aliphatic carbocycles. The van der Waals surface area contributed by atoms with Gasteiger partial charge in [-0.2, -0.15) is 5.10 Å². The molecule has 2 aromatic rings. The molecule has 7 heteroatoms. The number of carbonyl (C=O) groups is 1. The first-order valence-electron chi connectivity index (χ1n) is 6.13. The molecule has 1 heterocycles. The van der Waals surface area contributed by atoms with Gasteiger partial charge in [-0.3, -0.25) is 14.9 Å². The third kappa shape index (κ3) is 3.32. The van der Waals surface area contributed by atoms with E-state index in [1.54, 1.807) is 13.8 Å². The van der Waals surface area contributed by atoms with Crippen LogP contribution < -0.4 is 5.43 Å². The first-order valence-corrected chi connectivity index (χ1v) is 7.01. The zero-order valence-corrected chi connectivity index (χ0v) is 12.3. The largest absolute Gasteiger partial charge is 0.273 e. The van der Waals surface area contributed by atoms with Crippen LogP contribution in [0.4, 0.5) is 5.69 Å². The quantitative estimate of drug-likeness (QED) is 0.535. The summed E-state index contributed by atoms with van der Waals surface area (Å²) in [7, 11) is 0. The Balaban J connectivity index is 2.20. The van der Waals surface area contributed by atoms with Gasteiger partial charge in [0, 0.05) is 16.5 Å². The van der Waals surface area contributed by atoms with Crippen molar-refractivity contribution in [1.82, 2.24) is 5.43 Å². The molecule has 2 rings (SSSR count). The monoisotopic (exact) mass is 303 g/mol. The van der Waals surface area contributed by atoms with Crippen molar-refractivity contribution in [3.05, 3.63) is 61.8 Å². The first kappa shape index (κ1) is 14.9. The highest BCUT2D eigenvalue weighted by Crippen LogP contribution is 2.21. The molecular weight excluding hydrogens is 290 g/mol. The molecule has 0 unspecified atom stereocenters. The Morgan fingerprint density at radius 1 is 1.33 bits per heavy atom. The summed E-state index contributed by atoms with van der Waals surface area (Å²) in [5, 5.41) is 16.8. The lowest BCUT2D eigenvalue weighted by molar-refractivity contribution is -0.385. The van der Waals surface area contributed by atoms with Crippen LogP contribution >= 0.6 is 11.3 Å². The Hall–Kier alpha value is -2.54. The molecule has 0 saturated carbocycles. The Morgan fingerprint density at radius 3 is 2.71 bits per heavy atom. The summed E-state index contributed by atoms with van der Waals surface area (Å²) < 4.78 is 0. The minimum atomic E-state index is -0.508. The van der Waals surface area contributed by atoms with Gasteiger partial charge in [-0.15, -0.1) is 11.3 Å². The maximum absolute atomic E-state index is 12.1. The van der Waals surface area contributed by atoms with Gasteiger partial charge >= 0.3 is 0 Å². The van der Waals surface area contributed by atoms with Gasteiger partial charge in [0.1, 0.15) is 0 Å². The summed E-state index contributed by atoms with van der Waals surface area (Å²) in [6.07, 6.45) is 0. The molecule has 6 nitrogen and oxygen atoms in total. The van der Waals surface area contributed by atoms with Crippen molar-refractivity contribution in [3.63, 3.8) is 0 Å². The lowest BCUT2D eigenvalue weighted by Gasteiger charge is -2.05. The van der Waals surface area contributed by atoms with Crippen LogP contribution in [0.5, 0.6) is 0 Å². The van der Waals surface area contributed by atoms with Crippen molar-refractivity contribution in [3.8, 4) is 0 Å². The molecule has 0 aliphatic heterocycles. The fourth-order valence-corrected chi connectivity index (χ4v) is 2.48. The van der Waals surface area contributed by atoms with Gasteiger partial charge in [-0.05, 0) is 31.4 Å². The van der Waals surface area contributed by atoms with E-state index in [1.165, 1.54) is 29.5 Å². The number of nitrogens with zero attached hydrogens (tertiary/aromatic N) is 2. The van der Waals surface area contributed by atoms with Crippen molar-refractivity contribution in [1.29, 1.82) is 0 Å². The van der Waals surface area contributed by atoms with Crippen molar-refractivity contribution >= 4 is 28.6 Å². The van der Waals surface area contributed by atoms with Crippen LogP contribution in [-0.2, 0) is 0 Å². The number of nitro groups is 1. The van der Waals surface area contributed by atoms with Gasteiger partial charge in [0.05, 0.1) is 16.2 Å². The SMILES string of the molecule is C/C(=N/NC(=O)c1cccc([N+](=O)[O-])c1C)c1cccs1. The molecule has 0 atom stereocenters. The third-order valence-corrected chi connectivity index (χ3v) is 3.93. The lowest BCUT2D eigenvalue weighted by Crippen LogP contribution is -2.20. The van der Waals surface area contributed by atoms with Gasteiger partial charge < -0.3 is 0 Å². The van der Waals surface area contributed by atoms with E-state index in [9.17, 15) is 14.9 Å². The summed E-state index contributed by atoms with van der Waals surface area (Å²) in [6, 6.07) is 8.18. The molecule has 0 spiro atoms. The zero-order chi connectivity index (χ0) is 15.4. The Bertz CT molecular complexity index is 708. The highest BCUT2D eigenvalue weighted by Gasteiger charge is 2.17. The van der Waals surface area contributed by atoms with Crippen LogP contribution in [0, 0.1) is 17.0 Å². The third-order valence-electron chi connectivity index (χ3n) is 2.95. The van der Waals surface area contributed by atoms with E-state index in [-0.39, 0.29) is 11.3 Å². The van der Waals surface area contributed by atoms with E-state index in [2.05, 4.69) is 10.5 Å². The lowest BCUT2D eigenvalue weighted by atomic mass is 10.1. The minimum absolute atomic E-state index is 0.0818. The second-order valence-corrected chi connectivity index (χ2v) is 5.27. The number of carbonyl (C=O) groups excluding carboxylic acids is 1. The summed E-state index contributed by atoms with van der Waals surface area (Å²) in [5.74, 6) is -0.466. The number of hydrazone groups is 1. The fraction of sp³-hybridized carbons (Fsp3) is 0.143. The van der Waals surface area contributed by atoms with Crippen molar-refractivity contribution < 1.29 is 9.72 Å². The Kier molecular flexibility index (Phi) is 4.44. The van der Waals surface area contributed by atoms with E-state index in [0.717, 1.165) is 4.88 Å². The molecule has 0 aliphatic rings. The van der Waals surface area contributed by atoms with E-state index >= 15 is 0 Å². The van der Waals surface area contributed by atoms with Crippen molar-refractivity contribution in [2.24, 2.45) is 5.10 Å². The molecule has 1 amide bonds. The van der Waals surface area contributed by atoms with E-state index < -0.39 is 10.8 Å². The van der Waals surface area contributed by atoms with Crippen LogP contribution in [0.1, 0.15) is 27.7 Å². The van der Waals surface area contributed by atoms with Gasteiger partial charge in [-0.25, -0.2) is 5.43 Å². The minimum Gasteiger partial charge on any atom is -0.267 e. The molecule has 21 heavy (non-hydrogen) atoms. The summed E-state index contributed by atoms with van der Waals surface area (Å²) in [5.41, 5.74) is 3.59. The van der Waals surface area contributed by atoms with E-state index in [1.807, 2.05) is 17.5 Å². The molecule has 108 valence electrons. The molecule has 0 radical (unpaired) electrons. The fourth-order valence-electron chi connectivity index (χ4n) is 1.80. The predicted molar refractivity (Wildman–Crippen MR) is 81.8 cm³/mol. The van der Waals surface area contributed by atoms with Gasteiger partial charge in [0.2, 0.25) is 0 Å². The number of hydrogen-bond acceptors (Lipinski definition) is 5. The first-order chi connectivity index (χ1) is 10.0. The van der Waals surface area contributed by atoms with E-state index in [0.29, 0.717) is 11.3 Å². The van der Waals surface area contributed by atoms with Crippen LogP contribution in [0.25, 0.3) is 0 Å². The van der Waals surface area contributed by atoms with Crippen LogP contribution in [0.2, 0.25) is 0 Å². The van der Waals surface area contributed by atoms with E-state index in [4.69, 9.17) is 0 Å². The maximum Gasteiger partial charge on any atom is 0.273 e. The highest BCUT2D eigenvalue weighted by atomic mass is 32.1. The average molecular weight is 303 g/mol. The number of amides is 1. The Morgan fingerprint density at radius 2 is 2.10 bits per heavy atom. The number of nitro benzene ring substituents is 1. The predicted octanol–water partition coefficient (Wildman–Crippen LogP) is 3.12. The summed E-state index contributed by atoms with van der Waals surface area (Å²) in [6.45, 7) is 3.33. The average Bonchev–Trinajstić information content (AvgIpc) is 2.98. The maximum atomic E-state index is 12.1. The molecule has 0 saturated heterocycles. The standard InChI is InChI=1S/C14H13N3O3S/c1-9-11(5-3-6-12(9)17(19)20)14(18)16-15-10(2)13-7-4-8-21-13/h3-8H,1-2H3,(H,16,18)/b15-10-. The molecule has 1 aromatic heterocycles. The normalized spacial score (nSPS) is 11.2. The smallest absolute Gasteiger partial charge is 0.267 e. The second kappa shape index (κ2) is 6.27. The molecular formula is C14H13N3O3S. The van der Waals surface area contributed by atoms with Gasteiger partial charge in [-0.1, -0.05) is 12.1 Å². The number of nitrogens with one attached hydrogen (secondary N) is 1. The molecule has 1 N–H and O–H groups in total. The highest BCUT2D eigenvalue weighted by molar-refractivity contribution is 7.12.